The van der Waals surface area contributed by atoms with E-state index in [4.69, 9.17) is 4.74 Å². The molecule has 0 bridgehead atoms. The van der Waals surface area contributed by atoms with E-state index in [-0.39, 0.29) is 17.7 Å². The molecule has 1 unspecified atom stereocenters. The molecule has 2 heterocycles. The van der Waals surface area contributed by atoms with E-state index < -0.39 is 0 Å². The van der Waals surface area contributed by atoms with Gasteiger partial charge in [-0.2, -0.15) is 0 Å². The second-order valence-electron chi connectivity index (χ2n) is 7.77. The number of thioether (sulfide) groups is 1. The molecule has 8 heteroatoms. The van der Waals surface area contributed by atoms with Gasteiger partial charge in [0.1, 0.15) is 0 Å². The largest absolute Gasteiger partial charge is 0.383 e. The van der Waals surface area contributed by atoms with Crippen molar-refractivity contribution in [1.29, 1.82) is 0 Å². The summed E-state index contributed by atoms with van der Waals surface area (Å²) in [5.74, 6) is 1.57. The minimum Gasteiger partial charge on any atom is -0.383 e. The highest BCUT2D eigenvalue weighted by Crippen LogP contribution is 2.41. The summed E-state index contributed by atoms with van der Waals surface area (Å²) in [6.07, 6.45) is 5.78. The molecule has 31 heavy (non-hydrogen) atoms. The molecule has 4 rings (SSSR count). The van der Waals surface area contributed by atoms with Crippen LogP contribution in [-0.2, 0) is 16.1 Å². The maximum absolute atomic E-state index is 12.8. The van der Waals surface area contributed by atoms with E-state index in [1.807, 2.05) is 16.7 Å². The second-order valence-corrected chi connectivity index (χ2v) is 8.71. The Hall–Kier alpha value is -2.71. The molecule has 0 spiro atoms. The highest BCUT2D eigenvalue weighted by molar-refractivity contribution is 7.99. The molecule has 162 valence electrons. The number of carbonyl (C=O) groups is 1. The quantitative estimate of drug-likeness (QED) is 0.488. The summed E-state index contributed by atoms with van der Waals surface area (Å²) in [5.41, 5.74) is 3.33. The number of hydrogen-bond donors (Lipinski definition) is 1. The van der Waals surface area contributed by atoms with Crippen LogP contribution < -0.4 is 5.32 Å². The number of amides is 1. The van der Waals surface area contributed by atoms with E-state index in [9.17, 15) is 4.79 Å². The normalized spacial score (nSPS) is 14.4. The molecule has 1 aromatic carbocycles. The van der Waals surface area contributed by atoms with Gasteiger partial charge in [0.25, 0.3) is 0 Å². The monoisotopic (exact) mass is 437 g/mol. The summed E-state index contributed by atoms with van der Waals surface area (Å²) in [6.45, 7) is 3.22. The number of nitrogens with one attached hydrogen (secondary N) is 1. The van der Waals surface area contributed by atoms with Crippen LogP contribution in [0.5, 0.6) is 0 Å². The van der Waals surface area contributed by atoms with Crippen LogP contribution in [0.25, 0.3) is 11.4 Å². The lowest BCUT2D eigenvalue weighted by Gasteiger charge is -2.19. The number of nitrogens with zero attached hydrogens (tertiary/aromatic N) is 4. The number of hydrogen-bond acceptors (Lipinski definition) is 6. The molecule has 1 amide bonds. The lowest BCUT2D eigenvalue weighted by atomic mass is 10.0. The van der Waals surface area contributed by atoms with E-state index in [0.29, 0.717) is 24.2 Å². The van der Waals surface area contributed by atoms with Gasteiger partial charge in [0.2, 0.25) is 5.91 Å². The Bertz CT molecular complexity index is 1000. The molecule has 3 aromatic rings. The van der Waals surface area contributed by atoms with E-state index in [2.05, 4.69) is 51.7 Å². The van der Waals surface area contributed by atoms with Crippen molar-refractivity contribution in [3.63, 3.8) is 0 Å². The van der Waals surface area contributed by atoms with Crippen molar-refractivity contribution in [3.8, 4) is 11.4 Å². The number of aryl methyl sites for hydroxylation is 1. The summed E-state index contributed by atoms with van der Waals surface area (Å²) < 4.78 is 7.25. The van der Waals surface area contributed by atoms with Crippen LogP contribution in [0.2, 0.25) is 0 Å². The number of carbonyl (C=O) groups excluding carboxylic acids is 1. The van der Waals surface area contributed by atoms with Crippen LogP contribution in [0.15, 0.2) is 53.9 Å². The summed E-state index contributed by atoms with van der Waals surface area (Å²) in [6, 6.07) is 12.3. The van der Waals surface area contributed by atoms with E-state index >= 15 is 0 Å². The fraction of sp³-hybridized carbons (Fsp3) is 0.391. The SMILES string of the molecule is COCCn1c(SCC(=O)NC(c2ccc(C)cc2)C2CC2)nnc1-c1ccncc1. The number of rotatable bonds is 10. The third-order valence-corrected chi connectivity index (χ3v) is 6.32. The minimum atomic E-state index is 0.00854. The van der Waals surface area contributed by atoms with Crippen molar-refractivity contribution >= 4 is 17.7 Å². The molecule has 2 aromatic heterocycles. The molecular weight excluding hydrogens is 410 g/mol. The first-order valence-electron chi connectivity index (χ1n) is 10.5. The molecule has 0 aliphatic heterocycles. The van der Waals surface area contributed by atoms with Gasteiger partial charge >= 0.3 is 0 Å². The Labute approximate surface area is 186 Å². The first kappa shape index (κ1) is 21.5. The van der Waals surface area contributed by atoms with Crippen LogP contribution in [0.3, 0.4) is 0 Å². The average Bonchev–Trinajstić information content (AvgIpc) is 3.56. The fourth-order valence-electron chi connectivity index (χ4n) is 3.52. The maximum Gasteiger partial charge on any atom is 0.230 e. The van der Waals surface area contributed by atoms with Gasteiger partial charge < -0.3 is 10.1 Å². The first-order valence-corrected chi connectivity index (χ1v) is 11.5. The predicted octanol–water partition coefficient (Wildman–Crippen LogP) is 3.65. The topological polar surface area (TPSA) is 81.9 Å². The number of aromatic nitrogens is 4. The number of pyridine rings is 1. The van der Waals surface area contributed by atoms with Gasteiger partial charge in [0, 0.05) is 25.1 Å². The van der Waals surface area contributed by atoms with Crippen molar-refractivity contribution < 1.29 is 9.53 Å². The fourth-order valence-corrected chi connectivity index (χ4v) is 4.29. The molecule has 1 fully saturated rings. The van der Waals surface area contributed by atoms with Gasteiger partial charge in [0.05, 0.1) is 24.9 Å². The zero-order valence-electron chi connectivity index (χ0n) is 17.8. The van der Waals surface area contributed by atoms with Crippen molar-refractivity contribution in [1.82, 2.24) is 25.1 Å². The standard InChI is InChI=1S/C23H27N5O2S/c1-16-3-5-17(6-4-16)21(18-7-8-18)25-20(29)15-31-23-27-26-22(28(23)13-14-30-2)19-9-11-24-12-10-19/h3-6,9-12,18,21H,7-8,13-15H2,1-2H3,(H,25,29). The van der Waals surface area contributed by atoms with Crippen molar-refractivity contribution in [3.05, 3.63) is 59.9 Å². The summed E-state index contributed by atoms with van der Waals surface area (Å²) >= 11 is 1.40. The third kappa shape index (κ3) is 5.51. The lowest BCUT2D eigenvalue weighted by Crippen LogP contribution is -2.31. The summed E-state index contributed by atoms with van der Waals surface area (Å²) in [5, 5.41) is 12.6. The van der Waals surface area contributed by atoms with Crippen molar-refractivity contribution in [2.24, 2.45) is 5.92 Å². The Balaban J connectivity index is 1.43. The molecule has 1 aliphatic carbocycles. The molecule has 0 saturated heterocycles. The van der Waals surface area contributed by atoms with E-state index in [1.54, 1.807) is 19.5 Å². The zero-order valence-corrected chi connectivity index (χ0v) is 18.6. The average molecular weight is 438 g/mol. The van der Waals surface area contributed by atoms with Crippen LogP contribution in [0, 0.1) is 12.8 Å². The lowest BCUT2D eigenvalue weighted by molar-refractivity contribution is -0.119. The highest BCUT2D eigenvalue weighted by Gasteiger charge is 2.33. The number of methoxy groups -OCH3 is 1. The van der Waals surface area contributed by atoms with Crippen LogP contribution in [-0.4, -0.2) is 45.1 Å². The predicted molar refractivity (Wildman–Crippen MR) is 121 cm³/mol. The van der Waals surface area contributed by atoms with E-state index in [0.717, 1.165) is 24.2 Å². The Morgan fingerprint density at radius 2 is 1.94 bits per heavy atom. The van der Waals surface area contributed by atoms with Gasteiger partial charge in [-0.05, 0) is 43.4 Å². The number of ether oxygens (including phenoxy) is 1. The van der Waals surface area contributed by atoms with Crippen LogP contribution in [0.1, 0.15) is 30.0 Å². The van der Waals surface area contributed by atoms with Crippen molar-refractivity contribution in [2.75, 3.05) is 19.5 Å². The molecule has 1 atom stereocenters. The third-order valence-electron chi connectivity index (χ3n) is 5.35. The van der Waals surface area contributed by atoms with Gasteiger partial charge in [-0.3, -0.25) is 14.3 Å². The Morgan fingerprint density at radius 1 is 1.19 bits per heavy atom. The molecule has 1 aliphatic rings. The Morgan fingerprint density at radius 3 is 2.61 bits per heavy atom. The molecule has 1 N–H and O–H groups in total. The summed E-state index contributed by atoms with van der Waals surface area (Å²) in [7, 11) is 1.67. The zero-order chi connectivity index (χ0) is 21.6. The molecular formula is C23H27N5O2S. The van der Waals surface area contributed by atoms with E-state index in [1.165, 1.54) is 22.9 Å². The van der Waals surface area contributed by atoms with Gasteiger partial charge in [0.15, 0.2) is 11.0 Å². The maximum atomic E-state index is 12.8. The van der Waals surface area contributed by atoms with Gasteiger partial charge in [-0.25, -0.2) is 0 Å². The summed E-state index contributed by atoms with van der Waals surface area (Å²) in [4.78, 5) is 16.8. The van der Waals surface area contributed by atoms with Crippen LogP contribution >= 0.6 is 11.8 Å². The molecule has 0 radical (unpaired) electrons. The van der Waals surface area contributed by atoms with Gasteiger partial charge in [-0.1, -0.05) is 41.6 Å². The van der Waals surface area contributed by atoms with Crippen molar-refractivity contribution in [2.45, 2.75) is 37.5 Å². The highest BCUT2D eigenvalue weighted by atomic mass is 32.2. The van der Waals surface area contributed by atoms with Crippen LogP contribution in [0.4, 0.5) is 0 Å². The minimum absolute atomic E-state index is 0.00854. The van der Waals surface area contributed by atoms with Gasteiger partial charge in [-0.15, -0.1) is 10.2 Å². The molecule has 7 nitrogen and oxygen atoms in total. The smallest absolute Gasteiger partial charge is 0.230 e. The number of benzene rings is 1. The first-order chi connectivity index (χ1) is 15.2. The molecule has 1 saturated carbocycles. The Kier molecular flexibility index (Phi) is 6.99. The second kappa shape index (κ2) is 10.1.